The van der Waals surface area contributed by atoms with Crippen LogP contribution >= 0.6 is 0 Å². The van der Waals surface area contributed by atoms with E-state index in [1.165, 1.54) is 4.90 Å². The molecule has 0 atom stereocenters. The predicted molar refractivity (Wildman–Crippen MR) is 76.0 cm³/mol. The molecule has 1 heterocycles. The van der Waals surface area contributed by atoms with Crippen LogP contribution in [0.25, 0.3) is 0 Å². The number of nitrogens with zero attached hydrogens (tertiary/aromatic N) is 1. The Kier molecular flexibility index (Phi) is 3.81. The summed E-state index contributed by atoms with van der Waals surface area (Å²) in [5.41, 5.74) is 0.600. The van der Waals surface area contributed by atoms with Crippen LogP contribution in [-0.4, -0.2) is 44.0 Å². The molecule has 0 saturated heterocycles. The lowest BCUT2D eigenvalue weighted by molar-refractivity contribution is -0.134. The third kappa shape index (κ3) is 2.18. The van der Waals surface area contributed by atoms with E-state index in [2.05, 4.69) is 5.32 Å². The minimum absolute atomic E-state index is 0.157. The molecule has 0 aromatic heterocycles. The Morgan fingerprint density at radius 3 is 2.60 bits per heavy atom. The average Bonchev–Trinajstić information content (AvgIpc) is 2.45. The number of carbonyl (C=O) groups excluding carboxylic acids is 2. The standard InChI is InChI=1S/C15H20N2O3/c1-15(2)12-6-5-10(20-4)9-11(12)13(18)17(14(15)19)8-7-16-3/h5-6,9,16H,7-8H2,1-4H3. The topological polar surface area (TPSA) is 58.6 Å². The van der Waals surface area contributed by atoms with E-state index in [0.29, 0.717) is 24.4 Å². The fourth-order valence-corrected chi connectivity index (χ4v) is 2.49. The summed E-state index contributed by atoms with van der Waals surface area (Å²) in [5.74, 6) is 0.213. The lowest BCUT2D eigenvalue weighted by Gasteiger charge is -2.37. The van der Waals surface area contributed by atoms with E-state index in [4.69, 9.17) is 4.74 Å². The Morgan fingerprint density at radius 1 is 1.30 bits per heavy atom. The molecular weight excluding hydrogens is 256 g/mol. The third-order valence-electron chi connectivity index (χ3n) is 3.74. The van der Waals surface area contributed by atoms with Crippen molar-refractivity contribution in [2.45, 2.75) is 19.3 Å². The SMILES string of the molecule is CNCCN1C(=O)c2cc(OC)ccc2C(C)(C)C1=O. The van der Waals surface area contributed by atoms with Crippen LogP contribution in [0.3, 0.4) is 0 Å². The summed E-state index contributed by atoms with van der Waals surface area (Å²) in [5, 5.41) is 2.96. The molecule has 2 amide bonds. The van der Waals surface area contributed by atoms with Crippen molar-refractivity contribution in [3.05, 3.63) is 29.3 Å². The first-order chi connectivity index (χ1) is 9.43. The molecule has 0 fully saturated rings. The second-order valence-electron chi connectivity index (χ2n) is 5.40. The normalized spacial score (nSPS) is 17.1. The summed E-state index contributed by atoms with van der Waals surface area (Å²) >= 11 is 0. The number of hydrogen-bond donors (Lipinski definition) is 1. The molecule has 0 saturated carbocycles. The number of likely N-dealkylation sites (N-methyl/N-ethyl adjacent to an activating group) is 1. The van der Waals surface area contributed by atoms with E-state index >= 15 is 0 Å². The molecule has 1 aliphatic rings. The van der Waals surface area contributed by atoms with Gasteiger partial charge in [-0.1, -0.05) is 6.07 Å². The second kappa shape index (κ2) is 5.25. The van der Waals surface area contributed by atoms with Crippen molar-refractivity contribution in [2.24, 2.45) is 0 Å². The minimum atomic E-state index is -0.705. The van der Waals surface area contributed by atoms with Gasteiger partial charge in [0.2, 0.25) is 5.91 Å². The van der Waals surface area contributed by atoms with Crippen LogP contribution in [0.4, 0.5) is 0 Å². The molecule has 0 bridgehead atoms. The quantitative estimate of drug-likeness (QED) is 0.839. The number of nitrogens with one attached hydrogen (secondary N) is 1. The maximum absolute atomic E-state index is 12.5. The van der Waals surface area contributed by atoms with Crippen LogP contribution in [0, 0.1) is 0 Å². The lowest BCUT2D eigenvalue weighted by Crippen LogP contribution is -2.53. The third-order valence-corrected chi connectivity index (χ3v) is 3.74. The summed E-state index contributed by atoms with van der Waals surface area (Å²) in [6, 6.07) is 5.29. The first-order valence-electron chi connectivity index (χ1n) is 6.63. The van der Waals surface area contributed by atoms with Gasteiger partial charge in [0.25, 0.3) is 5.91 Å². The number of ether oxygens (including phenoxy) is 1. The number of rotatable bonds is 4. The lowest BCUT2D eigenvalue weighted by atomic mass is 9.77. The van der Waals surface area contributed by atoms with E-state index in [1.807, 2.05) is 13.8 Å². The number of imide groups is 1. The van der Waals surface area contributed by atoms with Crippen molar-refractivity contribution in [2.75, 3.05) is 27.2 Å². The van der Waals surface area contributed by atoms with Crippen LogP contribution in [0.2, 0.25) is 0 Å². The number of fused-ring (bicyclic) bond motifs is 1. The van der Waals surface area contributed by atoms with Gasteiger partial charge < -0.3 is 10.1 Å². The molecule has 5 heteroatoms. The molecule has 5 nitrogen and oxygen atoms in total. The molecule has 0 aliphatic carbocycles. The maximum atomic E-state index is 12.5. The Labute approximate surface area is 118 Å². The molecule has 1 aliphatic heterocycles. The van der Waals surface area contributed by atoms with Gasteiger partial charge >= 0.3 is 0 Å². The van der Waals surface area contributed by atoms with E-state index in [1.54, 1.807) is 32.4 Å². The van der Waals surface area contributed by atoms with E-state index in [-0.39, 0.29) is 11.8 Å². The number of amides is 2. The highest BCUT2D eigenvalue weighted by Crippen LogP contribution is 2.36. The first-order valence-corrected chi connectivity index (χ1v) is 6.63. The van der Waals surface area contributed by atoms with Crippen molar-refractivity contribution >= 4 is 11.8 Å². The first kappa shape index (κ1) is 14.5. The van der Waals surface area contributed by atoms with Gasteiger partial charge in [-0.2, -0.15) is 0 Å². The largest absolute Gasteiger partial charge is 0.497 e. The van der Waals surface area contributed by atoms with Crippen LogP contribution in [0.5, 0.6) is 5.75 Å². The Morgan fingerprint density at radius 2 is 2.00 bits per heavy atom. The maximum Gasteiger partial charge on any atom is 0.260 e. The Bertz CT molecular complexity index is 552. The molecule has 2 rings (SSSR count). The minimum Gasteiger partial charge on any atom is -0.497 e. The van der Waals surface area contributed by atoms with E-state index in [9.17, 15) is 9.59 Å². The van der Waals surface area contributed by atoms with Gasteiger partial charge in [0.1, 0.15) is 5.75 Å². The summed E-state index contributed by atoms with van der Waals surface area (Å²) in [4.78, 5) is 26.4. The van der Waals surface area contributed by atoms with Crippen LogP contribution in [-0.2, 0) is 10.2 Å². The second-order valence-corrected chi connectivity index (χ2v) is 5.40. The highest BCUT2D eigenvalue weighted by molar-refractivity contribution is 6.13. The van der Waals surface area contributed by atoms with Crippen LogP contribution < -0.4 is 10.1 Å². The summed E-state index contributed by atoms with van der Waals surface area (Å²) in [6.07, 6.45) is 0. The van der Waals surface area contributed by atoms with E-state index in [0.717, 1.165) is 5.56 Å². The van der Waals surface area contributed by atoms with Crippen LogP contribution in [0.1, 0.15) is 29.8 Å². The number of carbonyl (C=O) groups is 2. The summed E-state index contributed by atoms with van der Waals surface area (Å²) in [6.45, 7) is 4.64. The molecule has 0 spiro atoms. The highest BCUT2D eigenvalue weighted by Gasteiger charge is 2.44. The zero-order valence-corrected chi connectivity index (χ0v) is 12.3. The molecule has 1 aromatic carbocycles. The van der Waals surface area contributed by atoms with Gasteiger partial charge in [-0.15, -0.1) is 0 Å². The Balaban J connectivity index is 2.51. The zero-order chi connectivity index (χ0) is 14.9. The predicted octanol–water partition coefficient (Wildman–Crippen LogP) is 1.17. The van der Waals surface area contributed by atoms with Crippen molar-refractivity contribution in [3.8, 4) is 5.75 Å². The van der Waals surface area contributed by atoms with Crippen LogP contribution in [0.15, 0.2) is 18.2 Å². The molecule has 0 radical (unpaired) electrons. The van der Waals surface area contributed by atoms with E-state index < -0.39 is 5.41 Å². The van der Waals surface area contributed by atoms with Crippen molar-refractivity contribution in [1.29, 1.82) is 0 Å². The van der Waals surface area contributed by atoms with Crippen molar-refractivity contribution in [3.63, 3.8) is 0 Å². The average molecular weight is 276 g/mol. The molecule has 20 heavy (non-hydrogen) atoms. The number of benzene rings is 1. The monoisotopic (exact) mass is 276 g/mol. The van der Waals surface area contributed by atoms with Gasteiger partial charge in [0.15, 0.2) is 0 Å². The molecule has 108 valence electrons. The van der Waals surface area contributed by atoms with Gasteiger partial charge in [0, 0.05) is 18.7 Å². The Hall–Kier alpha value is -1.88. The number of hydrogen-bond acceptors (Lipinski definition) is 4. The van der Waals surface area contributed by atoms with Gasteiger partial charge in [0.05, 0.1) is 12.5 Å². The molecule has 1 N–H and O–H groups in total. The number of methoxy groups -OCH3 is 1. The van der Waals surface area contributed by atoms with Crippen molar-refractivity contribution in [1.82, 2.24) is 10.2 Å². The fraction of sp³-hybridized carbons (Fsp3) is 0.467. The van der Waals surface area contributed by atoms with Gasteiger partial charge in [-0.25, -0.2) is 0 Å². The summed E-state index contributed by atoms with van der Waals surface area (Å²) < 4.78 is 5.17. The molecule has 1 aromatic rings. The molecular formula is C15H20N2O3. The highest BCUT2D eigenvalue weighted by atomic mass is 16.5. The molecule has 0 unspecified atom stereocenters. The zero-order valence-electron chi connectivity index (χ0n) is 12.3. The summed E-state index contributed by atoms with van der Waals surface area (Å²) in [7, 11) is 3.35. The van der Waals surface area contributed by atoms with Gasteiger partial charge in [-0.05, 0) is 38.6 Å². The van der Waals surface area contributed by atoms with Gasteiger partial charge in [-0.3, -0.25) is 14.5 Å². The fourth-order valence-electron chi connectivity index (χ4n) is 2.49. The van der Waals surface area contributed by atoms with Crippen molar-refractivity contribution < 1.29 is 14.3 Å². The smallest absolute Gasteiger partial charge is 0.260 e.